The normalized spacial score (nSPS) is 10.1. The molecule has 0 aliphatic carbocycles. The van der Waals surface area contributed by atoms with Crippen molar-refractivity contribution in [3.05, 3.63) is 59.7 Å². The number of halogens is 2. The van der Waals surface area contributed by atoms with E-state index in [1.807, 2.05) is 48.5 Å². The molecule has 168 valence electrons. The van der Waals surface area contributed by atoms with Gasteiger partial charge < -0.3 is 32.4 Å². The Morgan fingerprint density at radius 3 is 1.32 bits per heavy atom. The second kappa shape index (κ2) is 15.4. The monoisotopic (exact) mass is 468 g/mol. The number of nitrogens with two attached hydrogens (primary N) is 4. The van der Waals surface area contributed by atoms with Gasteiger partial charge in [-0.3, -0.25) is 0 Å². The smallest absolute Gasteiger partial charge is 0.211 e. The van der Waals surface area contributed by atoms with Crippen molar-refractivity contribution in [2.24, 2.45) is 43.3 Å². The highest BCUT2D eigenvalue weighted by molar-refractivity contribution is 5.85. The van der Waals surface area contributed by atoms with Crippen molar-refractivity contribution in [2.75, 3.05) is 13.2 Å². The minimum absolute atomic E-state index is 0. The van der Waals surface area contributed by atoms with E-state index >= 15 is 0 Å². The summed E-state index contributed by atoms with van der Waals surface area (Å²) < 4.78 is 11.4. The third kappa shape index (κ3) is 11.9. The Labute approximate surface area is 192 Å². The first-order valence-electron chi connectivity index (χ1n) is 8.72. The molecule has 2 aromatic rings. The molecular weight excluding hydrogens is 443 g/mol. The van der Waals surface area contributed by atoms with Crippen molar-refractivity contribution < 1.29 is 9.47 Å². The minimum atomic E-state index is -0.0870. The van der Waals surface area contributed by atoms with Crippen LogP contribution in [0.15, 0.2) is 68.9 Å². The zero-order valence-electron chi connectivity index (χ0n) is 16.6. The van der Waals surface area contributed by atoms with Crippen LogP contribution in [-0.2, 0) is 0 Å². The molecule has 0 aromatic heterocycles. The van der Waals surface area contributed by atoms with Crippen molar-refractivity contribution in [3.63, 3.8) is 0 Å². The van der Waals surface area contributed by atoms with Crippen LogP contribution >= 0.6 is 24.8 Å². The lowest BCUT2D eigenvalue weighted by Gasteiger charge is -2.08. The number of hydrogen-bond acceptors (Lipinski definition) is 6. The number of hydrogen-bond donors (Lipinski definition) is 4. The molecular formula is C19H26Cl2N8O2. The maximum atomic E-state index is 5.68. The van der Waals surface area contributed by atoms with E-state index < -0.39 is 0 Å². The third-order valence-electron chi connectivity index (χ3n) is 3.35. The van der Waals surface area contributed by atoms with Crippen LogP contribution in [0.25, 0.3) is 0 Å². The molecule has 0 unspecified atom stereocenters. The van der Waals surface area contributed by atoms with Crippen LogP contribution in [0.2, 0.25) is 0 Å². The molecule has 0 bridgehead atoms. The Morgan fingerprint density at radius 2 is 1.00 bits per heavy atom. The van der Waals surface area contributed by atoms with Crippen molar-refractivity contribution in [1.29, 1.82) is 0 Å². The first kappa shape index (κ1) is 27.5. The summed E-state index contributed by atoms with van der Waals surface area (Å²) in [6.45, 7) is 1.06. The van der Waals surface area contributed by atoms with Gasteiger partial charge in [-0.1, -0.05) is 0 Å². The van der Waals surface area contributed by atoms with Gasteiger partial charge in [-0.15, -0.1) is 35.0 Å². The maximum absolute atomic E-state index is 5.68. The number of rotatable bonds is 10. The van der Waals surface area contributed by atoms with Gasteiger partial charge in [-0.25, -0.2) is 0 Å². The Morgan fingerprint density at radius 1 is 0.645 bits per heavy atom. The van der Waals surface area contributed by atoms with Crippen LogP contribution in [0, 0.1) is 0 Å². The van der Waals surface area contributed by atoms with Crippen LogP contribution in [-0.4, -0.2) is 37.6 Å². The van der Waals surface area contributed by atoms with E-state index in [0.717, 1.165) is 29.0 Å². The SMILES string of the molecule is Cl.Cl.NC(N)=N/N=C/c1ccc(OCCCOc2ccc(/C=N/N=C(N)N)cc2)cc1. The van der Waals surface area contributed by atoms with E-state index in [9.17, 15) is 0 Å². The average Bonchev–Trinajstić information content (AvgIpc) is 2.69. The summed E-state index contributed by atoms with van der Waals surface area (Å²) in [6, 6.07) is 14.8. The predicted molar refractivity (Wildman–Crippen MR) is 130 cm³/mol. The fraction of sp³-hybridized carbons (Fsp3) is 0.158. The Balaban J connectivity index is 0.00000450. The number of benzene rings is 2. The molecule has 2 rings (SSSR count). The van der Waals surface area contributed by atoms with Gasteiger partial charge in [0, 0.05) is 6.42 Å². The van der Waals surface area contributed by atoms with Gasteiger partial charge in [0.1, 0.15) is 11.5 Å². The van der Waals surface area contributed by atoms with Crippen molar-refractivity contribution in [1.82, 2.24) is 0 Å². The van der Waals surface area contributed by atoms with E-state index in [4.69, 9.17) is 32.4 Å². The van der Waals surface area contributed by atoms with Crippen LogP contribution in [0.5, 0.6) is 11.5 Å². The number of guanidine groups is 2. The van der Waals surface area contributed by atoms with E-state index in [0.29, 0.717) is 13.2 Å². The molecule has 12 heteroatoms. The van der Waals surface area contributed by atoms with Crippen LogP contribution < -0.4 is 32.4 Å². The van der Waals surface area contributed by atoms with Crippen LogP contribution in [0.1, 0.15) is 17.5 Å². The highest BCUT2D eigenvalue weighted by atomic mass is 35.5. The molecule has 0 atom stereocenters. The molecule has 10 nitrogen and oxygen atoms in total. The Hall–Kier alpha value is -3.50. The van der Waals surface area contributed by atoms with Crippen LogP contribution in [0.4, 0.5) is 0 Å². The standard InChI is InChI=1S/C19H24N8O2.2ClH/c20-18(21)26-24-12-14-2-6-16(7-3-14)28-10-1-11-29-17-8-4-15(5-9-17)13-25-27-19(22)23;;/h2-9,12-13H,1,10-11H2,(H4,20,21,26)(H4,22,23,27);2*1H/b24-12+,25-13+;;. The van der Waals surface area contributed by atoms with Crippen molar-refractivity contribution >= 4 is 49.2 Å². The lowest BCUT2D eigenvalue weighted by molar-refractivity contribution is 0.247. The average molecular weight is 469 g/mol. The third-order valence-corrected chi connectivity index (χ3v) is 3.35. The topological polar surface area (TPSA) is 172 Å². The summed E-state index contributed by atoms with van der Waals surface area (Å²) in [7, 11) is 0. The molecule has 0 radical (unpaired) electrons. The molecule has 0 spiro atoms. The zero-order valence-corrected chi connectivity index (χ0v) is 18.3. The Bertz CT molecular complexity index is 803. The molecule has 2 aromatic carbocycles. The van der Waals surface area contributed by atoms with Crippen molar-refractivity contribution in [2.45, 2.75) is 6.42 Å². The maximum Gasteiger partial charge on any atom is 0.211 e. The molecule has 0 aliphatic heterocycles. The fourth-order valence-electron chi connectivity index (χ4n) is 2.06. The summed E-state index contributed by atoms with van der Waals surface area (Å²) in [6.07, 6.45) is 3.84. The number of nitrogens with zero attached hydrogens (tertiary/aromatic N) is 4. The second-order valence-electron chi connectivity index (χ2n) is 5.73. The molecule has 0 heterocycles. The summed E-state index contributed by atoms with van der Waals surface area (Å²) in [5.74, 6) is 1.34. The molecule has 0 saturated carbocycles. The van der Waals surface area contributed by atoms with Gasteiger partial charge in [-0.05, 0) is 59.7 Å². The van der Waals surface area contributed by atoms with Gasteiger partial charge in [0.05, 0.1) is 25.6 Å². The quantitative estimate of drug-likeness (QED) is 0.178. The molecule has 0 amide bonds. The molecule has 0 saturated heterocycles. The molecule has 31 heavy (non-hydrogen) atoms. The summed E-state index contributed by atoms with van der Waals surface area (Å²) in [5.41, 5.74) is 22.5. The molecule has 0 fully saturated rings. The summed E-state index contributed by atoms with van der Waals surface area (Å²) in [4.78, 5) is 0. The van der Waals surface area contributed by atoms with Crippen molar-refractivity contribution in [3.8, 4) is 11.5 Å². The molecule has 8 N–H and O–H groups in total. The van der Waals surface area contributed by atoms with Crippen LogP contribution in [0.3, 0.4) is 0 Å². The largest absolute Gasteiger partial charge is 0.493 e. The van der Waals surface area contributed by atoms with E-state index in [-0.39, 0.29) is 36.7 Å². The van der Waals surface area contributed by atoms with E-state index in [2.05, 4.69) is 20.4 Å². The lowest BCUT2D eigenvalue weighted by atomic mass is 10.2. The second-order valence-corrected chi connectivity index (χ2v) is 5.73. The van der Waals surface area contributed by atoms with Gasteiger partial charge >= 0.3 is 0 Å². The molecule has 0 aliphatic rings. The fourth-order valence-corrected chi connectivity index (χ4v) is 2.06. The predicted octanol–water partition coefficient (Wildman–Crippen LogP) is 1.59. The van der Waals surface area contributed by atoms with Gasteiger partial charge in [0.2, 0.25) is 11.9 Å². The highest BCUT2D eigenvalue weighted by Gasteiger charge is 1.97. The summed E-state index contributed by atoms with van der Waals surface area (Å²) in [5, 5.41) is 14.6. The van der Waals surface area contributed by atoms with Gasteiger partial charge in [-0.2, -0.15) is 10.2 Å². The first-order valence-corrected chi connectivity index (χ1v) is 8.72. The van der Waals surface area contributed by atoms with Gasteiger partial charge in [0.25, 0.3) is 0 Å². The van der Waals surface area contributed by atoms with E-state index in [1.165, 1.54) is 0 Å². The number of ether oxygens (including phenoxy) is 2. The zero-order chi connectivity index (χ0) is 20.9. The minimum Gasteiger partial charge on any atom is -0.493 e. The highest BCUT2D eigenvalue weighted by Crippen LogP contribution is 2.13. The lowest BCUT2D eigenvalue weighted by Crippen LogP contribution is -2.21. The summed E-state index contributed by atoms with van der Waals surface area (Å²) >= 11 is 0. The van der Waals surface area contributed by atoms with Gasteiger partial charge in [0.15, 0.2) is 0 Å². The first-order chi connectivity index (χ1) is 14.0. The van der Waals surface area contributed by atoms with E-state index in [1.54, 1.807) is 12.4 Å². The Kier molecular flexibility index (Phi) is 13.6.